The highest BCUT2D eigenvalue weighted by Crippen LogP contribution is 2.25. The molecule has 0 fully saturated rings. The van der Waals surface area contributed by atoms with E-state index in [1.807, 2.05) is 26.8 Å². The SMILES string of the molecule is C=C/C(Nc1ncc(C(=C)CC)c(N/C(C)=C/C)n1)=C(\C)OC. The highest BCUT2D eigenvalue weighted by molar-refractivity contribution is 5.73. The van der Waals surface area contributed by atoms with Crippen LogP contribution in [0, 0.1) is 0 Å². The highest BCUT2D eigenvalue weighted by Gasteiger charge is 2.11. The second-order valence-electron chi connectivity index (χ2n) is 5.01. The van der Waals surface area contributed by atoms with Gasteiger partial charge in [-0.15, -0.1) is 0 Å². The minimum Gasteiger partial charge on any atom is -0.499 e. The molecule has 124 valence electrons. The van der Waals surface area contributed by atoms with E-state index < -0.39 is 0 Å². The van der Waals surface area contributed by atoms with Crippen LogP contribution in [-0.2, 0) is 4.74 Å². The molecular formula is C18H26N4O. The van der Waals surface area contributed by atoms with Gasteiger partial charge in [0, 0.05) is 17.5 Å². The van der Waals surface area contributed by atoms with E-state index in [4.69, 9.17) is 4.74 Å². The lowest BCUT2D eigenvalue weighted by atomic mass is 10.1. The van der Waals surface area contributed by atoms with Crippen molar-refractivity contribution in [2.24, 2.45) is 0 Å². The molecule has 1 aromatic heterocycles. The second kappa shape index (κ2) is 8.78. The minimum absolute atomic E-state index is 0.468. The number of rotatable bonds is 8. The molecule has 1 rings (SSSR count). The monoisotopic (exact) mass is 314 g/mol. The van der Waals surface area contributed by atoms with Gasteiger partial charge in [0.15, 0.2) is 0 Å². The van der Waals surface area contributed by atoms with Crippen molar-refractivity contribution < 1.29 is 4.74 Å². The lowest BCUT2D eigenvalue weighted by Gasteiger charge is -2.15. The largest absolute Gasteiger partial charge is 0.499 e. The Hall–Kier alpha value is -2.56. The smallest absolute Gasteiger partial charge is 0.229 e. The Bertz CT molecular complexity index is 644. The number of hydrogen-bond donors (Lipinski definition) is 2. The fourth-order valence-corrected chi connectivity index (χ4v) is 1.76. The molecule has 0 aliphatic rings. The van der Waals surface area contributed by atoms with Gasteiger partial charge in [0.2, 0.25) is 5.95 Å². The summed E-state index contributed by atoms with van der Waals surface area (Å²) < 4.78 is 5.22. The van der Waals surface area contributed by atoms with Gasteiger partial charge in [-0.3, -0.25) is 0 Å². The van der Waals surface area contributed by atoms with Gasteiger partial charge in [0.05, 0.1) is 12.8 Å². The molecule has 0 unspecified atom stereocenters. The summed E-state index contributed by atoms with van der Waals surface area (Å²) in [6.07, 6.45) is 6.26. The van der Waals surface area contributed by atoms with Crippen LogP contribution in [0.5, 0.6) is 0 Å². The zero-order valence-electron chi connectivity index (χ0n) is 14.7. The zero-order valence-corrected chi connectivity index (χ0v) is 14.7. The normalized spacial score (nSPS) is 12.3. The van der Waals surface area contributed by atoms with E-state index in [0.29, 0.717) is 11.7 Å². The average molecular weight is 314 g/mol. The number of ether oxygens (including phenoxy) is 1. The van der Waals surface area contributed by atoms with E-state index in [0.717, 1.165) is 34.8 Å². The summed E-state index contributed by atoms with van der Waals surface area (Å²) >= 11 is 0. The molecule has 0 aliphatic heterocycles. The van der Waals surface area contributed by atoms with Crippen molar-refractivity contribution in [2.75, 3.05) is 17.7 Å². The minimum atomic E-state index is 0.468. The van der Waals surface area contributed by atoms with Crippen molar-refractivity contribution in [2.45, 2.75) is 34.1 Å². The molecule has 0 aromatic carbocycles. The van der Waals surface area contributed by atoms with E-state index in [1.165, 1.54) is 0 Å². The summed E-state index contributed by atoms with van der Waals surface area (Å²) in [5.41, 5.74) is 3.62. The van der Waals surface area contributed by atoms with Crippen molar-refractivity contribution in [3.8, 4) is 0 Å². The van der Waals surface area contributed by atoms with Crippen LogP contribution in [0.25, 0.3) is 5.57 Å². The summed E-state index contributed by atoms with van der Waals surface area (Å²) in [6, 6.07) is 0. The van der Waals surface area contributed by atoms with E-state index >= 15 is 0 Å². The number of nitrogens with one attached hydrogen (secondary N) is 2. The van der Waals surface area contributed by atoms with Gasteiger partial charge in [-0.1, -0.05) is 26.2 Å². The molecule has 0 bridgehead atoms. The zero-order chi connectivity index (χ0) is 17.4. The summed E-state index contributed by atoms with van der Waals surface area (Å²) in [5.74, 6) is 1.91. The highest BCUT2D eigenvalue weighted by atomic mass is 16.5. The summed E-state index contributed by atoms with van der Waals surface area (Å²) in [7, 11) is 1.61. The van der Waals surface area contributed by atoms with Gasteiger partial charge >= 0.3 is 0 Å². The Labute approximate surface area is 138 Å². The van der Waals surface area contributed by atoms with Gasteiger partial charge in [0.1, 0.15) is 11.6 Å². The van der Waals surface area contributed by atoms with E-state index in [2.05, 4.69) is 40.7 Å². The molecule has 5 heteroatoms. The van der Waals surface area contributed by atoms with Crippen LogP contribution in [0.15, 0.2) is 48.7 Å². The Morgan fingerprint density at radius 2 is 2.04 bits per heavy atom. The molecule has 0 amide bonds. The lowest BCUT2D eigenvalue weighted by Crippen LogP contribution is -2.09. The maximum absolute atomic E-state index is 5.22. The van der Waals surface area contributed by atoms with Crippen LogP contribution in [0.4, 0.5) is 11.8 Å². The van der Waals surface area contributed by atoms with Crippen molar-refractivity contribution in [1.29, 1.82) is 0 Å². The molecule has 0 atom stereocenters. The van der Waals surface area contributed by atoms with Crippen molar-refractivity contribution in [3.63, 3.8) is 0 Å². The molecule has 0 spiro atoms. The molecule has 0 saturated carbocycles. The van der Waals surface area contributed by atoms with Crippen LogP contribution in [0.1, 0.15) is 39.7 Å². The van der Waals surface area contributed by atoms with Crippen LogP contribution in [0.3, 0.4) is 0 Å². The van der Waals surface area contributed by atoms with Crippen molar-refractivity contribution in [1.82, 2.24) is 9.97 Å². The van der Waals surface area contributed by atoms with Crippen LogP contribution < -0.4 is 10.6 Å². The summed E-state index contributed by atoms with van der Waals surface area (Å²) in [5, 5.41) is 6.41. The third kappa shape index (κ3) is 4.98. The molecule has 1 heterocycles. The predicted octanol–water partition coefficient (Wildman–Crippen LogP) is 4.71. The molecular weight excluding hydrogens is 288 g/mol. The number of methoxy groups -OCH3 is 1. The summed E-state index contributed by atoms with van der Waals surface area (Å²) in [4.78, 5) is 8.93. The first-order valence-corrected chi connectivity index (χ1v) is 7.56. The van der Waals surface area contributed by atoms with Gasteiger partial charge in [-0.05, 0) is 38.8 Å². The number of allylic oxidation sites excluding steroid dienone is 5. The van der Waals surface area contributed by atoms with Gasteiger partial charge in [0.25, 0.3) is 0 Å². The van der Waals surface area contributed by atoms with Gasteiger partial charge in [-0.2, -0.15) is 4.98 Å². The number of hydrogen-bond acceptors (Lipinski definition) is 5. The first-order chi connectivity index (χ1) is 11.0. The third-order valence-corrected chi connectivity index (χ3v) is 3.48. The van der Waals surface area contributed by atoms with Crippen LogP contribution >= 0.6 is 0 Å². The predicted molar refractivity (Wildman–Crippen MR) is 97.9 cm³/mol. The molecule has 0 saturated heterocycles. The number of anilines is 2. The fourth-order valence-electron chi connectivity index (χ4n) is 1.76. The Kier molecular flexibility index (Phi) is 7.06. The fraction of sp³-hybridized carbons (Fsp3) is 0.333. The molecule has 5 nitrogen and oxygen atoms in total. The Balaban J connectivity index is 3.24. The molecule has 23 heavy (non-hydrogen) atoms. The standard InChI is InChI=1S/C18H26N4O/c1-8-12(4)15-11-19-18(21-16(10-3)14(6)23-7)22-17(15)20-13(5)9-2/h9-11H,3-4,8H2,1-2,5-7H3,(H2,19,20,21,22)/b13-9+,16-14-. The number of nitrogens with zero attached hydrogens (tertiary/aromatic N) is 2. The van der Waals surface area contributed by atoms with E-state index in [1.54, 1.807) is 19.4 Å². The molecule has 0 aliphatic carbocycles. The Morgan fingerprint density at radius 3 is 2.57 bits per heavy atom. The van der Waals surface area contributed by atoms with Gasteiger partial charge < -0.3 is 15.4 Å². The van der Waals surface area contributed by atoms with Crippen LogP contribution in [0.2, 0.25) is 0 Å². The van der Waals surface area contributed by atoms with E-state index in [9.17, 15) is 0 Å². The quantitative estimate of drug-likeness (QED) is 0.537. The van der Waals surface area contributed by atoms with Crippen LogP contribution in [-0.4, -0.2) is 17.1 Å². The average Bonchev–Trinajstić information content (AvgIpc) is 2.58. The maximum atomic E-state index is 5.22. The first-order valence-electron chi connectivity index (χ1n) is 7.56. The topological polar surface area (TPSA) is 59.1 Å². The lowest BCUT2D eigenvalue weighted by molar-refractivity contribution is 0.290. The first kappa shape index (κ1) is 18.5. The van der Waals surface area contributed by atoms with Crippen molar-refractivity contribution >= 4 is 17.3 Å². The van der Waals surface area contributed by atoms with E-state index in [-0.39, 0.29) is 0 Å². The second-order valence-corrected chi connectivity index (χ2v) is 5.01. The number of aromatic nitrogens is 2. The third-order valence-electron chi connectivity index (χ3n) is 3.48. The molecule has 1 aromatic rings. The maximum Gasteiger partial charge on any atom is 0.229 e. The molecule has 2 N–H and O–H groups in total. The molecule has 0 radical (unpaired) electrons. The Morgan fingerprint density at radius 1 is 1.35 bits per heavy atom. The van der Waals surface area contributed by atoms with Crippen molar-refractivity contribution in [3.05, 3.63) is 54.2 Å². The summed E-state index contributed by atoms with van der Waals surface area (Å²) in [6.45, 7) is 15.7. The van der Waals surface area contributed by atoms with Gasteiger partial charge in [-0.25, -0.2) is 4.98 Å².